The van der Waals surface area contributed by atoms with Gasteiger partial charge in [-0.2, -0.15) is 0 Å². The van der Waals surface area contributed by atoms with Gasteiger partial charge in [-0.15, -0.1) is 0 Å². The Hall–Kier alpha value is -1.77. The average Bonchev–Trinajstić information content (AvgIpc) is 3.04. The number of aliphatic hydroxyl groups is 2. The second-order valence-electron chi connectivity index (χ2n) is 8.60. The summed E-state index contributed by atoms with van der Waals surface area (Å²) in [6, 6.07) is 2.49. The zero-order chi connectivity index (χ0) is 20.6. The molecule has 2 aliphatic rings. The lowest BCUT2D eigenvalue weighted by atomic mass is 9.88. The van der Waals surface area contributed by atoms with E-state index in [-0.39, 0.29) is 23.9 Å². The normalized spacial score (nSPS) is 28.5. The molecular weight excluding hydrogens is 370 g/mol. The number of nitrogens with one attached hydrogen (secondary N) is 1. The second-order valence-corrected chi connectivity index (χ2v) is 8.60. The van der Waals surface area contributed by atoms with Crippen molar-refractivity contribution >= 4 is 11.7 Å². The van der Waals surface area contributed by atoms with Crippen LogP contribution in [0.5, 0.6) is 0 Å². The lowest BCUT2D eigenvalue weighted by molar-refractivity contribution is -0.159. The van der Waals surface area contributed by atoms with Crippen LogP contribution in [0, 0.1) is 17.6 Å². The molecule has 4 unspecified atom stereocenters. The van der Waals surface area contributed by atoms with Crippen LogP contribution in [0.4, 0.5) is 14.5 Å². The van der Waals surface area contributed by atoms with Crippen molar-refractivity contribution in [3.63, 3.8) is 0 Å². The highest BCUT2D eigenvalue weighted by Crippen LogP contribution is 2.35. The van der Waals surface area contributed by atoms with Gasteiger partial charge in [0, 0.05) is 30.3 Å². The van der Waals surface area contributed by atoms with Gasteiger partial charge in [-0.25, -0.2) is 8.78 Å². The van der Waals surface area contributed by atoms with E-state index in [0.29, 0.717) is 31.6 Å². The molecule has 3 rings (SSSR count). The van der Waals surface area contributed by atoms with Gasteiger partial charge in [0.1, 0.15) is 29.7 Å². The van der Waals surface area contributed by atoms with Crippen LogP contribution in [-0.4, -0.2) is 47.3 Å². The minimum Gasteiger partial charge on any atom is -0.460 e. The maximum atomic E-state index is 14.7. The third-order valence-corrected chi connectivity index (χ3v) is 5.22. The summed E-state index contributed by atoms with van der Waals surface area (Å²) in [6.07, 6.45) is -0.977. The van der Waals surface area contributed by atoms with Crippen molar-refractivity contribution in [3.8, 4) is 0 Å². The zero-order valence-corrected chi connectivity index (χ0v) is 16.4. The lowest BCUT2D eigenvalue weighted by Crippen LogP contribution is -2.46. The van der Waals surface area contributed by atoms with Crippen molar-refractivity contribution < 1.29 is 28.5 Å². The number of rotatable bonds is 3. The second kappa shape index (κ2) is 7.93. The summed E-state index contributed by atoms with van der Waals surface area (Å²) in [6.45, 7) is 6.24. The molecule has 4 atom stereocenters. The maximum Gasteiger partial charge on any atom is 0.311 e. The van der Waals surface area contributed by atoms with E-state index in [1.54, 1.807) is 25.7 Å². The molecule has 2 aliphatic heterocycles. The molecule has 2 saturated heterocycles. The Labute approximate surface area is 163 Å². The van der Waals surface area contributed by atoms with Gasteiger partial charge in [0.25, 0.3) is 0 Å². The molecule has 0 aromatic heterocycles. The van der Waals surface area contributed by atoms with Gasteiger partial charge in [0.05, 0.1) is 5.92 Å². The Bertz CT molecular complexity index is 714. The first-order valence-electron chi connectivity index (χ1n) is 9.64. The highest BCUT2D eigenvalue weighted by atomic mass is 19.1. The van der Waals surface area contributed by atoms with Crippen molar-refractivity contribution in [1.29, 1.82) is 0 Å². The fraction of sp³-hybridized carbons (Fsp3) is 0.650. The molecule has 0 amide bonds. The van der Waals surface area contributed by atoms with Crippen LogP contribution in [-0.2, 0) is 9.53 Å². The number of carbonyl (C=O) groups excluding carboxylic acids is 1. The van der Waals surface area contributed by atoms with E-state index in [4.69, 9.17) is 4.74 Å². The van der Waals surface area contributed by atoms with Gasteiger partial charge < -0.3 is 19.8 Å². The smallest absolute Gasteiger partial charge is 0.311 e. The summed E-state index contributed by atoms with van der Waals surface area (Å²) in [5.74, 6) is -2.89. The molecule has 0 saturated carbocycles. The Kier molecular flexibility index (Phi) is 5.93. The van der Waals surface area contributed by atoms with Crippen LogP contribution >= 0.6 is 0 Å². The Balaban J connectivity index is 1.74. The van der Waals surface area contributed by atoms with Crippen molar-refractivity contribution in [2.24, 2.45) is 5.92 Å². The molecule has 0 spiro atoms. The van der Waals surface area contributed by atoms with Gasteiger partial charge in [0.15, 0.2) is 0 Å². The number of esters is 1. The Morgan fingerprint density at radius 1 is 1.18 bits per heavy atom. The van der Waals surface area contributed by atoms with Gasteiger partial charge >= 0.3 is 5.97 Å². The monoisotopic (exact) mass is 398 g/mol. The number of halogens is 2. The summed E-state index contributed by atoms with van der Waals surface area (Å²) in [5, 5.41) is 22.1. The van der Waals surface area contributed by atoms with Crippen LogP contribution in [0.1, 0.15) is 51.5 Å². The quantitative estimate of drug-likeness (QED) is 0.678. The van der Waals surface area contributed by atoms with E-state index in [9.17, 15) is 23.8 Å². The molecule has 0 bridgehead atoms. The summed E-state index contributed by atoms with van der Waals surface area (Å²) in [4.78, 5) is 14.0. The predicted octanol–water partition coefficient (Wildman–Crippen LogP) is 2.24. The van der Waals surface area contributed by atoms with Gasteiger partial charge in [-0.3, -0.25) is 10.1 Å². The van der Waals surface area contributed by atoms with E-state index in [2.05, 4.69) is 5.32 Å². The van der Waals surface area contributed by atoms with Crippen LogP contribution in [0.3, 0.4) is 0 Å². The number of nitrogens with zero attached hydrogens (tertiary/aromatic N) is 1. The largest absolute Gasteiger partial charge is 0.460 e. The number of carbonyl (C=O) groups is 1. The Morgan fingerprint density at radius 2 is 1.82 bits per heavy atom. The number of benzene rings is 1. The lowest BCUT2D eigenvalue weighted by Gasteiger charge is -2.33. The molecule has 2 fully saturated rings. The number of piperidine rings is 1. The third kappa shape index (κ3) is 4.61. The van der Waals surface area contributed by atoms with E-state index >= 15 is 0 Å². The predicted molar refractivity (Wildman–Crippen MR) is 99.6 cm³/mol. The fourth-order valence-electron chi connectivity index (χ4n) is 3.87. The molecule has 2 heterocycles. The molecule has 156 valence electrons. The minimum atomic E-state index is -1.22. The van der Waals surface area contributed by atoms with Crippen LogP contribution in [0.2, 0.25) is 0 Å². The molecule has 1 aromatic carbocycles. The summed E-state index contributed by atoms with van der Waals surface area (Å²) < 4.78 is 34.9. The van der Waals surface area contributed by atoms with Crippen molar-refractivity contribution in [2.45, 2.75) is 64.0 Å². The van der Waals surface area contributed by atoms with E-state index in [1.807, 2.05) is 0 Å². The van der Waals surface area contributed by atoms with Crippen LogP contribution < -0.4 is 10.2 Å². The van der Waals surface area contributed by atoms with Crippen molar-refractivity contribution in [1.82, 2.24) is 5.32 Å². The van der Waals surface area contributed by atoms with Crippen molar-refractivity contribution in [3.05, 3.63) is 29.3 Å². The molecular formula is C20H28F2N2O4. The highest BCUT2D eigenvalue weighted by Gasteiger charge is 2.35. The molecule has 28 heavy (non-hydrogen) atoms. The number of ether oxygens (including phenoxy) is 1. The van der Waals surface area contributed by atoms with Gasteiger partial charge in [0.2, 0.25) is 0 Å². The summed E-state index contributed by atoms with van der Waals surface area (Å²) in [5.41, 5.74) is -0.395. The van der Waals surface area contributed by atoms with Crippen LogP contribution in [0.15, 0.2) is 12.1 Å². The van der Waals surface area contributed by atoms with Crippen molar-refractivity contribution in [2.75, 3.05) is 18.0 Å². The molecule has 8 heteroatoms. The molecule has 3 N–H and O–H groups in total. The van der Waals surface area contributed by atoms with E-state index in [1.165, 1.54) is 12.1 Å². The van der Waals surface area contributed by atoms with Gasteiger partial charge in [-0.1, -0.05) is 0 Å². The van der Waals surface area contributed by atoms with E-state index in [0.717, 1.165) is 0 Å². The standard InChI is InChI=1S/C20H28F2N2O4/c1-20(2,3)28-19(27)11-6-7-24(10-11)12-8-14(21)17(15(22)9-12)13-4-5-16(25)23-18(13)26/h8-9,11,13,16,18,23,25-26H,4-7,10H2,1-3H3. The first-order valence-corrected chi connectivity index (χ1v) is 9.64. The third-order valence-electron chi connectivity index (χ3n) is 5.22. The fourth-order valence-corrected chi connectivity index (χ4v) is 3.87. The maximum absolute atomic E-state index is 14.7. The van der Waals surface area contributed by atoms with Crippen LogP contribution in [0.25, 0.3) is 0 Å². The summed E-state index contributed by atoms with van der Waals surface area (Å²) >= 11 is 0. The minimum absolute atomic E-state index is 0.182. The highest BCUT2D eigenvalue weighted by molar-refractivity contribution is 5.74. The number of hydrogen-bond acceptors (Lipinski definition) is 6. The molecule has 0 radical (unpaired) electrons. The summed E-state index contributed by atoms with van der Waals surface area (Å²) in [7, 11) is 0. The topological polar surface area (TPSA) is 82.0 Å². The number of aliphatic hydroxyl groups excluding tert-OH is 2. The number of hydrogen-bond donors (Lipinski definition) is 3. The SMILES string of the molecule is CC(C)(C)OC(=O)C1CCN(c2cc(F)c(C3CCC(O)NC3O)c(F)c2)C1. The zero-order valence-electron chi connectivity index (χ0n) is 16.4. The first-order chi connectivity index (χ1) is 13.0. The molecule has 6 nitrogen and oxygen atoms in total. The van der Waals surface area contributed by atoms with E-state index < -0.39 is 35.6 Å². The average molecular weight is 398 g/mol. The molecule has 1 aromatic rings. The van der Waals surface area contributed by atoms with Gasteiger partial charge in [-0.05, 0) is 52.2 Å². The number of anilines is 1. The Morgan fingerprint density at radius 3 is 2.39 bits per heavy atom. The molecule has 0 aliphatic carbocycles. The first kappa shape index (κ1) is 21.0.